The van der Waals surface area contributed by atoms with Gasteiger partial charge in [-0.3, -0.25) is 4.79 Å². The van der Waals surface area contributed by atoms with Gasteiger partial charge in [0.1, 0.15) is 6.61 Å². The summed E-state index contributed by atoms with van der Waals surface area (Å²) in [6.45, 7) is 7.72. The number of benzene rings is 1. The molecular formula is C23H30N2O5. The number of rotatable bonds is 7. The number of amides is 3. The zero-order valence-electron chi connectivity index (χ0n) is 18.0. The van der Waals surface area contributed by atoms with Crippen molar-refractivity contribution in [2.75, 3.05) is 6.61 Å². The third kappa shape index (κ3) is 7.73. The predicted molar refractivity (Wildman–Crippen MR) is 114 cm³/mol. The largest absolute Gasteiger partial charge is 0.447 e. The second-order valence-corrected chi connectivity index (χ2v) is 8.35. The zero-order valence-corrected chi connectivity index (χ0v) is 18.0. The van der Waals surface area contributed by atoms with Gasteiger partial charge in [-0.1, -0.05) is 43.3 Å². The molecule has 1 fully saturated rings. The lowest BCUT2D eigenvalue weighted by molar-refractivity contribution is -0.124. The number of allylic oxidation sites excluding steroid dienone is 2. The van der Waals surface area contributed by atoms with Gasteiger partial charge in [-0.15, -0.1) is 0 Å². The van der Waals surface area contributed by atoms with Crippen LogP contribution in [0, 0.1) is 5.92 Å². The first-order chi connectivity index (χ1) is 14.2. The van der Waals surface area contributed by atoms with Crippen LogP contribution >= 0.6 is 0 Å². The van der Waals surface area contributed by atoms with E-state index in [1.54, 1.807) is 12.2 Å². The van der Waals surface area contributed by atoms with Crippen LogP contribution in [0.2, 0.25) is 0 Å². The van der Waals surface area contributed by atoms with Crippen molar-refractivity contribution in [1.29, 1.82) is 0 Å². The first-order valence-corrected chi connectivity index (χ1v) is 10.0. The molecule has 3 amide bonds. The molecule has 1 aliphatic heterocycles. The minimum atomic E-state index is -0.614. The molecule has 162 valence electrons. The summed E-state index contributed by atoms with van der Waals surface area (Å²) in [5.74, 6) is -0.349. The number of alkyl carbamates (subject to hydrolysis) is 1. The van der Waals surface area contributed by atoms with E-state index in [9.17, 15) is 14.4 Å². The van der Waals surface area contributed by atoms with Gasteiger partial charge in [0.15, 0.2) is 0 Å². The number of carbonyl (C=O) groups excluding carboxylic acids is 3. The van der Waals surface area contributed by atoms with E-state index in [0.29, 0.717) is 12.8 Å². The Morgan fingerprint density at radius 1 is 1.30 bits per heavy atom. The number of nitrogens with zero attached hydrogens (tertiary/aromatic N) is 1. The number of cyclic esters (lactones) is 1. The second kappa shape index (κ2) is 10.6. The molecule has 1 aromatic rings. The van der Waals surface area contributed by atoms with Crippen LogP contribution in [-0.2, 0) is 20.7 Å². The van der Waals surface area contributed by atoms with Crippen LogP contribution in [0.15, 0.2) is 54.8 Å². The highest BCUT2D eigenvalue weighted by Gasteiger charge is 2.36. The third-order valence-corrected chi connectivity index (χ3v) is 4.34. The summed E-state index contributed by atoms with van der Waals surface area (Å²) in [7, 11) is 0. The molecule has 0 aromatic heterocycles. The van der Waals surface area contributed by atoms with E-state index in [0.717, 1.165) is 5.56 Å². The second-order valence-electron chi connectivity index (χ2n) is 8.35. The lowest BCUT2D eigenvalue weighted by Gasteiger charge is -2.19. The fourth-order valence-corrected chi connectivity index (χ4v) is 2.88. The molecule has 0 bridgehead atoms. The molecule has 1 heterocycles. The summed E-state index contributed by atoms with van der Waals surface area (Å²) in [5.41, 5.74) is 0.672. The molecular weight excluding hydrogens is 384 g/mol. The molecule has 1 N–H and O–H groups in total. The normalized spacial score (nSPS) is 17.9. The van der Waals surface area contributed by atoms with Gasteiger partial charge in [-0.2, -0.15) is 0 Å². The fourth-order valence-electron chi connectivity index (χ4n) is 2.88. The fraction of sp³-hybridized carbons (Fsp3) is 0.435. The van der Waals surface area contributed by atoms with Gasteiger partial charge in [0, 0.05) is 5.54 Å². The molecule has 30 heavy (non-hydrogen) atoms. The molecule has 1 aromatic carbocycles. The van der Waals surface area contributed by atoms with Crippen molar-refractivity contribution in [3.63, 3.8) is 0 Å². The van der Waals surface area contributed by atoms with Crippen LogP contribution in [0.1, 0.15) is 39.7 Å². The molecule has 7 heteroatoms. The number of imide groups is 1. The van der Waals surface area contributed by atoms with Gasteiger partial charge in [0.25, 0.3) is 5.91 Å². The first kappa shape index (κ1) is 23.2. The topological polar surface area (TPSA) is 84.9 Å². The summed E-state index contributed by atoms with van der Waals surface area (Å²) in [6, 6.07) is 9.36. The Labute approximate surface area is 177 Å². The SMILES string of the molecule is C[C@H](/C=C\OC(=O)NC(C)(C)C)C/C=C/C(=O)N1C(=O)OC[C@@H]1Cc1ccccc1. The van der Waals surface area contributed by atoms with E-state index >= 15 is 0 Å². The molecule has 7 nitrogen and oxygen atoms in total. The van der Waals surface area contributed by atoms with Crippen LogP contribution in [-0.4, -0.2) is 41.2 Å². The molecule has 2 rings (SSSR count). The third-order valence-electron chi connectivity index (χ3n) is 4.34. The maximum atomic E-state index is 12.5. The van der Waals surface area contributed by atoms with E-state index in [4.69, 9.17) is 9.47 Å². The molecule has 0 unspecified atom stereocenters. The highest BCUT2D eigenvalue weighted by Crippen LogP contribution is 2.18. The van der Waals surface area contributed by atoms with Crippen LogP contribution in [0.4, 0.5) is 9.59 Å². The Bertz CT molecular complexity index is 796. The maximum Gasteiger partial charge on any atom is 0.417 e. The Kier molecular flexibility index (Phi) is 8.21. The van der Waals surface area contributed by atoms with Crippen LogP contribution in [0.5, 0.6) is 0 Å². The van der Waals surface area contributed by atoms with E-state index < -0.39 is 18.1 Å². The van der Waals surface area contributed by atoms with Gasteiger partial charge < -0.3 is 14.8 Å². The highest BCUT2D eigenvalue weighted by molar-refractivity contribution is 5.99. The van der Waals surface area contributed by atoms with Crippen molar-refractivity contribution < 1.29 is 23.9 Å². The number of hydrogen-bond acceptors (Lipinski definition) is 5. The van der Waals surface area contributed by atoms with Crippen molar-refractivity contribution >= 4 is 18.1 Å². The molecule has 1 aliphatic rings. The number of nitrogens with one attached hydrogen (secondary N) is 1. The molecule has 0 saturated carbocycles. The lowest BCUT2D eigenvalue weighted by atomic mass is 10.1. The molecule has 2 atom stereocenters. The van der Waals surface area contributed by atoms with Crippen molar-refractivity contribution in [2.24, 2.45) is 5.92 Å². The zero-order chi connectivity index (χ0) is 22.1. The monoisotopic (exact) mass is 414 g/mol. The van der Waals surface area contributed by atoms with Crippen LogP contribution < -0.4 is 5.32 Å². The Morgan fingerprint density at radius 2 is 2.00 bits per heavy atom. The smallest absolute Gasteiger partial charge is 0.417 e. The van der Waals surface area contributed by atoms with Crippen molar-refractivity contribution in [2.45, 2.75) is 52.1 Å². The first-order valence-electron chi connectivity index (χ1n) is 10.0. The van der Waals surface area contributed by atoms with E-state index in [2.05, 4.69) is 5.32 Å². The average Bonchev–Trinajstić information content (AvgIpc) is 3.01. The molecule has 0 spiro atoms. The van der Waals surface area contributed by atoms with Gasteiger partial charge in [0.05, 0.1) is 12.3 Å². The van der Waals surface area contributed by atoms with E-state index in [1.807, 2.05) is 58.0 Å². The minimum absolute atomic E-state index is 0.0436. The van der Waals surface area contributed by atoms with Crippen molar-refractivity contribution in [1.82, 2.24) is 10.2 Å². The average molecular weight is 415 g/mol. The predicted octanol–water partition coefficient (Wildman–Crippen LogP) is 4.20. The summed E-state index contributed by atoms with van der Waals surface area (Å²) in [5, 5.41) is 2.69. The summed E-state index contributed by atoms with van der Waals surface area (Å²) in [6.07, 6.45) is 6.15. The van der Waals surface area contributed by atoms with Crippen LogP contribution in [0.3, 0.4) is 0 Å². The summed E-state index contributed by atoms with van der Waals surface area (Å²) in [4.78, 5) is 37.3. The molecule has 0 aliphatic carbocycles. The Hall–Kier alpha value is -3.09. The molecule has 1 saturated heterocycles. The summed E-state index contributed by atoms with van der Waals surface area (Å²) < 4.78 is 10.1. The lowest BCUT2D eigenvalue weighted by Crippen LogP contribution is -2.40. The Morgan fingerprint density at radius 3 is 2.67 bits per heavy atom. The van der Waals surface area contributed by atoms with Crippen molar-refractivity contribution in [3.8, 4) is 0 Å². The van der Waals surface area contributed by atoms with Gasteiger partial charge >= 0.3 is 12.2 Å². The van der Waals surface area contributed by atoms with Crippen molar-refractivity contribution in [3.05, 3.63) is 60.4 Å². The van der Waals surface area contributed by atoms with Gasteiger partial charge in [0.2, 0.25) is 0 Å². The number of hydrogen-bond donors (Lipinski definition) is 1. The highest BCUT2D eigenvalue weighted by atomic mass is 16.6. The molecule has 0 radical (unpaired) electrons. The van der Waals surface area contributed by atoms with Gasteiger partial charge in [-0.05, 0) is 57.2 Å². The standard InChI is InChI=1S/C23H30N2O5/c1-17(13-14-29-21(27)24-23(2,3)4)9-8-12-20(26)25-19(16-30-22(25)28)15-18-10-6-5-7-11-18/h5-8,10-14,17,19H,9,15-16H2,1-4H3,(H,24,27)/b12-8+,14-13-/t17-,19-/m0/s1. The van der Waals surface area contributed by atoms with E-state index in [-0.39, 0.29) is 24.1 Å². The number of ether oxygens (including phenoxy) is 2. The number of carbonyl (C=O) groups is 3. The summed E-state index contributed by atoms with van der Waals surface area (Å²) >= 11 is 0. The maximum absolute atomic E-state index is 12.5. The minimum Gasteiger partial charge on any atom is -0.447 e. The Balaban J connectivity index is 1.83. The van der Waals surface area contributed by atoms with E-state index in [1.165, 1.54) is 17.2 Å². The van der Waals surface area contributed by atoms with Crippen LogP contribution in [0.25, 0.3) is 0 Å². The quantitative estimate of drug-likeness (QED) is 0.534. The van der Waals surface area contributed by atoms with Gasteiger partial charge in [-0.25, -0.2) is 14.5 Å².